The van der Waals surface area contributed by atoms with E-state index in [9.17, 15) is 13.8 Å². The zero-order valence-corrected chi connectivity index (χ0v) is 16.4. The normalized spacial score (nSPS) is 15.7. The van der Waals surface area contributed by atoms with E-state index in [2.05, 4.69) is 11.4 Å². The third-order valence-corrected chi connectivity index (χ3v) is 6.38. The van der Waals surface area contributed by atoms with Crippen LogP contribution in [-0.2, 0) is 26.1 Å². The highest BCUT2D eigenvalue weighted by Gasteiger charge is 2.23. The summed E-state index contributed by atoms with van der Waals surface area (Å²) in [7, 11) is -1.24. The summed E-state index contributed by atoms with van der Waals surface area (Å²) < 4.78 is 12.4. The average molecular weight is 391 g/mol. The molecule has 1 aromatic heterocycles. The third kappa shape index (κ3) is 4.80. The van der Waals surface area contributed by atoms with Crippen LogP contribution in [0.5, 0.6) is 0 Å². The number of carbonyl (C=O) groups excluding carboxylic acids is 2. The summed E-state index contributed by atoms with van der Waals surface area (Å²) in [6.07, 6.45) is 0. The molecule has 2 heterocycles. The van der Waals surface area contributed by atoms with Crippen molar-refractivity contribution in [1.82, 2.24) is 9.80 Å². The van der Waals surface area contributed by atoms with Gasteiger partial charge < -0.3 is 9.80 Å². The number of rotatable bonds is 5. The van der Waals surface area contributed by atoms with Crippen LogP contribution in [0, 0.1) is 0 Å². The molecule has 0 aliphatic carbocycles. The highest BCUT2D eigenvalue weighted by molar-refractivity contribution is 7.84. The molecule has 7 heteroatoms. The molecule has 1 fully saturated rings. The maximum atomic E-state index is 12.4. The fourth-order valence-electron chi connectivity index (χ4n) is 3.01. The number of thiophene rings is 1. The van der Waals surface area contributed by atoms with Crippen molar-refractivity contribution in [3.05, 3.63) is 46.7 Å². The second-order valence-electron chi connectivity index (χ2n) is 6.33. The summed E-state index contributed by atoms with van der Waals surface area (Å²) in [6.45, 7) is 3.68. The molecule has 0 bridgehead atoms. The van der Waals surface area contributed by atoms with Crippen LogP contribution < -0.4 is 0 Å². The Labute approximate surface area is 160 Å². The second kappa shape index (κ2) is 8.60. The van der Waals surface area contributed by atoms with E-state index in [1.165, 1.54) is 6.92 Å². The summed E-state index contributed by atoms with van der Waals surface area (Å²) in [4.78, 5) is 27.1. The SMILES string of the molecule is CC(=O)N1CCN(C(=O)CS(=O)Cc2cccc(-c3ccsc3)c2)CC1. The molecule has 138 valence electrons. The molecule has 1 unspecified atom stereocenters. The van der Waals surface area contributed by atoms with E-state index < -0.39 is 10.8 Å². The number of piperazine rings is 1. The van der Waals surface area contributed by atoms with E-state index in [1.54, 1.807) is 21.1 Å². The van der Waals surface area contributed by atoms with Gasteiger partial charge in [0.05, 0.1) is 0 Å². The van der Waals surface area contributed by atoms with Gasteiger partial charge in [-0.2, -0.15) is 11.3 Å². The molecular weight excluding hydrogens is 368 g/mol. The van der Waals surface area contributed by atoms with Crippen molar-refractivity contribution in [1.29, 1.82) is 0 Å². The minimum Gasteiger partial charge on any atom is -0.339 e. The van der Waals surface area contributed by atoms with Gasteiger partial charge in [0.1, 0.15) is 5.75 Å². The molecule has 2 amide bonds. The van der Waals surface area contributed by atoms with Gasteiger partial charge in [-0.15, -0.1) is 0 Å². The topological polar surface area (TPSA) is 57.7 Å². The van der Waals surface area contributed by atoms with Gasteiger partial charge in [0, 0.05) is 49.7 Å². The van der Waals surface area contributed by atoms with E-state index in [0.717, 1.165) is 16.7 Å². The van der Waals surface area contributed by atoms with Gasteiger partial charge >= 0.3 is 0 Å². The van der Waals surface area contributed by atoms with Crippen LogP contribution in [0.1, 0.15) is 12.5 Å². The van der Waals surface area contributed by atoms with Crippen LogP contribution >= 0.6 is 11.3 Å². The van der Waals surface area contributed by atoms with Crippen LogP contribution in [0.2, 0.25) is 0 Å². The van der Waals surface area contributed by atoms with Gasteiger partial charge in [0.25, 0.3) is 0 Å². The van der Waals surface area contributed by atoms with Crippen LogP contribution in [-0.4, -0.2) is 57.8 Å². The summed E-state index contributed by atoms with van der Waals surface area (Å²) in [5.74, 6) is 0.339. The van der Waals surface area contributed by atoms with E-state index in [0.29, 0.717) is 31.9 Å². The zero-order chi connectivity index (χ0) is 18.5. The fraction of sp³-hybridized carbons (Fsp3) is 0.368. The maximum Gasteiger partial charge on any atom is 0.235 e. The van der Waals surface area contributed by atoms with Gasteiger partial charge in [0.15, 0.2) is 0 Å². The third-order valence-electron chi connectivity index (χ3n) is 4.47. The van der Waals surface area contributed by atoms with Gasteiger partial charge in [-0.1, -0.05) is 24.3 Å². The molecule has 1 aliphatic rings. The van der Waals surface area contributed by atoms with Crippen molar-refractivity contribution in [2.24, 2.45) is 0 Å². The van der Waals surface area contributed by atoms with E-state index >= 15 is 0 Å². The van der Waals surface area contributed by atoms with Crippen molar-refractivity contribution in [3.63, 3.8) is 0 Å². The number of nitrogens with zero attached hydrogens (tertiary/aromatic N) is 2. The lowest BCUT2D eigenvalue weighted by Gasteiger charge is -2.34. The lowest BCUT2D eigenvalue weighted by molar-refractivity contribution is -0.136. The van der Waals surface area contributed by atoms with Crippen molar-refractivity contribution in [3.8, 4) is 11.1 Å². The van der Waals surface area contributed by atoms with Crippen molar-refractivity contribution < 1.29 is 13.8 Å². The summed E-state index contributed by atoms with van der Waals surface area (Å²) in [5, 5.41) is 4.12. The fourth-order valence-corrected chi connectivity index (χ4v) is 4.78. The predicted molar refractivity (Wildman–Crippen MR) is 105 cm³/mol. The van der Waals surface area contributed by atoms with E-state index in [-0.39, 0.29) is 17.6 Å². The highest BCUT2D eigenvalue weighted by Crippen LogP contribution is 2.23. The molecule has 5 nitrogen and oxygen atoms in total. The van der Waals surface area contributed by atoms with Gasteiger partial charge in [-0.05, 0) is 33.5 Å². The van der Waals surface area contributed by atoms with Gasteiger partial charge in [-0.3, -0.25) is 13.8 Å². The van der Waals surface area contributed by atoms with Crippen molar-refractivity contribution >= 4 is 34.0 Å². The van der Waals surface area contributed by atoms with Crippen LogP contribution in [0.15, 0.2) is 41.1 Å². The molecule has 0 N–H and O–H groups in total. The molecule has 3 rings (SSSR count). The molecule has 2 aromatic rings. The Bertz CT molecular complexity index is 797. The average Bonchev–Trinajstić information content (AvgIpc) is 3.16. The Hall–Kier alpha value is -1.99. The number of benzene rings is 1. The number of hydrogen-bond acceptors (Lipinski definition) is 4. The Balaban J connectivity index is 1.54. The Morgan fingerprint density at radius 2 is 1.81 bits per heavy atom. The largest absolute Gasteiger partial charge is 0.339 e. The Morgan fingerprint density at radius 3 is 2.46 bits per heavy atom. The first-order valence-corrected chi connectivity index (χ1v) is 11.0. The van der Waals surface area contributed by atoms with Crippen LogP contribution in [0.4, 0.5) is 0 Å². The number of carbonyl (C=O) groups is 2. The standard InChI is InChI=1S/C19H22N2O3S2/c1-15(22)20-6-8-21(9-7-20)19(23)14-26(24)13-16-3-2-4-17(11-16)18-5-10-25-12-18/h2-5,10-12H,6-9,13-14H2,1H3. The lowest BCUT2D eigenvalue weighted by atomic mass is 10.1. The zero-order valence-electron chi connectivity index (χ0n) is 14.7. The Morgan fingerprint density at radius 1 is 1.08 bits per heavy atom. The monoisotopic (exact) mass is 390 g/mol. The predicted octanol–water partition coefficient (Wildman–Crippen LogP) is 2.35. The number of hydrogen-bond donors (Lipinski definition) is 0. The quantitative estimate of drug-likeness (QED) is 0.787. The molecule has 0 saturated carbocycles. The number of amides is 2. The van der Waals surface area contributed by atoms with Crippen molar-refractivity contribution in [2.45, 2.75) is 12.7 Å². The first-order valence-electron chi connectivity index (χ1n) is 8.52. The summed E-state index contributed by atoms with van der Waals surface area (Å²) in [5.41, 5.74) is 3.23. The second-order valence-corrected chi connectivity index (χ2v) is 8.56. The van der Waals surface area contributed by atoms with Gasteiger partial charge in [-0.25, -0.2) is 0 Å². The van der Waals surface area contributed by atoms with E-state index in [1.807, 2.05) is 29.6 Å². The molecule has 1 atom stereocenters. The first kappa shape index (κ1) is 18.8. The molecule has 26 heavy (non-hydrogen) atoms. The smallest absolute Gasteiger partial charge is 0.235 e. The first-order chi connectivity index (χ1) is 12.5. The van der Waals surface area contributed by atoms with E-state index in [4.69, 9.17) is 0 Å². The minimum absolute atomic E-state index is 0.0305. The maximum absolute atomic E-state index is 12.4. The molecule has 0 spiro atoms. The highest BCUT2D eigenvalue weighted by atomic mass is 32.2. The Kier molecular flexibility index (Phi) is 6.21. The summed E-state index contributed by atoms with van der Waals surface area (Å²) >= 11 is 1.65. The van der Waals surface area contributed by atoms with Crippen molar-refractivity contribution in [2.75, 3.05) is 31.9 Å². The lowest BCUT2D eigenvalue weighted by Crippen LogP contribution is -2.51. The van der Waals surface area contributed by atoms with Crippen LogP contribution in [0.25, 0.3) is 11.1 Å². The summed E-state index contributed by atoms with van der Waals surface area (Å²) in [6, 6.07) is 10.0. The molecule has 1 aliphatic heterocycles. The van der Waals surface area contributed by atoms with Crippen LogP contribution in [0.3, 0.4) is 0 Å². The molecular formula is C19H22N2O3S2. The minimum atomic E-state index is -1.24. The molecule has 1 aromatic carbocycles. The molecule has 0 radical (unpaired) electrons. The van der Waals surface area contributed by atoms with Gasteiger partial charge in [0.2, 0.25) is 11.8 Å². The molecule has 1 saturated heterocycles.